The number of hydrogen-bond acceptors (Lipinski definition) is 1. The van der Waals surface area contributed by atoms with E-state index in [0.29, 0.717) is 10.8 Å². The van der Waals surface area contributed by atoms with Gasteiger partial charge in [0.1, 0.15) is 0 Å². The van der Waals surface area contributed by atoms with Crippen LogP contribution >= 0.6 is 11.8 Å². The molecule has 66 valence electrons. The minimum atomic E-state index is 0.503. The van der Waals surface area contributed by atoms with Crippen molar-refractivity contribution in [2.75, 3.05) is 0 Å². The van der Waals surface area contributed by atoms with Crippen LogP contribution in [-0.4, -0.2) is 10.5 Å². The summed E-state index contributed by atoms with van der Waals surface area (Å²) < 4.78 is 0. The van der Waals surface area contributed by atoms with Gasteiger partial charge in [-0.3, -0.25) is 0 Å². The van der Waals surface area contributed by atoms with Crippen molar-refractivity contribution in [2.24, 2.45) is 10.8 Å². The Balaban J connectivity index is 2.51. The first kappa shape index (κ1) is 9.44. The van der Waals surface area contributed by atoms with Crippen molar-refractivity contribution in [3.63, 3.8) is 0 Å². The molecular weight excluding hydrogens is 152 g/mol. The van der Waals surface area contributed by atoms with Gasteiger partial charge in [0.15, 0.2) is 0 Å². The van der Waals surface area contributed by atoms with Crippen LogP contribution in [0.15, 0.2) is 0 Å². The van der Waals surface area contributed by atoms with Crippen molar-refractivity contribution in [3.8, 4) is 0 Å². The minimum Gasteiger partial charge on any atom is -0.152 e. The van der Waals surface area contributed by atoms with Crippen LogP contribution in [0.1, 0.15) is 41.5 Å². The fourth-order valence-corrected chi connectivity index (χ4v) is 3.29. The van der Waals surface area contributed by atoms with E-state index < -0.39 is 0 Å². The van der Waals surface area contributed by atoms with Crippen molar-refractivity contribution in [1.29, 1.82) is 0 Å². The summed E-state index contributed by atoms with van der Waals surface area (Å²) >= 11 is 2.15. The van der Waals surface area contributed by atoms with Crippen LogP contribution in [0.2, 0.25) is 0 Å². The average Bonchev–Trinajstić information content (AvgIpc) is 2.30. The molecule has 0 spiro atoms. The Kier molecular flexibility index (Phi) is 2.07. The highest BCUT2D eigenvalue weighted by atomic mass is 32.2. The van der Waals surface area contributed by atoms with Gasteiger partial charge in [0.2, 0.25) is 0 Å². The van der Waals surface area contributed by atoms with E-state index in [2.05, 4.69) is 53.3 Å². The fraction of sp³-hybridized carbons (Fsp3) is 1.00. The van der Waals surface area contributed by atoms with E-state index in [9.17, 15) is 0 Å². The van der Waals surface area contributed by atoms with Crippen molar-refractivity contribution >= 4 is 11.8 Å². The maximum Gasteiger partial charge on any atom is 0.0223 e. The third kappa shape index (κ3) is 2.14. The first-order valence-corrected chi connectivity index (χ1v) is 5.32. The predicted molar refractivity (Wildman–Crippen MR) is 54.1 cm³/mol. The van der Waals surface area contributed by atoms with E-state index in [1.807, 2.05) is 0 Å². The molecule has 0 unspecified atom stereocenters. The fourth-order valence-electron chi connectivity index (χ4n) is 1.43. The molecule has 0 nitrogen and oxygen atoms in total. The summed E-state index contributed by atoms with van der Waals surface area (Å²) in [7, 11) is 0. The third-order valence-corrected chi connectivity index (χ3v) is 4.43. The highest BCUT2D eigenvalue weighted by Gasteiger charge is 2.51. The summed E-state index contributed by atoms with van der Waals surface area (Å²) in [4.78, 5) is 0. The summed E-state index contributed by atoms with van der Waals surface area (Å²) in [6.07, 6.45) is 0. The second-order valence-electron chi connectivity index (χ2n) is 5.71. The van der Waals surface area contributed by atoms with Crippen LogP contribution in [0.5, 0.6) is 0 Å². The normalized spacial score (nSPS) is 32.2. The van der Waals surface area contributed by atoms with Gasteiger partial charge in [0.25, 0.3) is 0 Å². The summed E-state index contributed by atoms with van der Waals surface area (Å²) in [5.74, 6) is 0. The van der Waals surface area contributed by atoms with Crippen molar-refractivity contribution in [1.82, 2.24) is 0 Å². The van der Waals surface area contributed by atoms with Gasteiger partial charge in [-0.15, -0.1) is 0 Å². The molecular formula is C10H20S. The predicted octanol–water partition coefficient (Wildman–Crippen LogP) is 3.56. The molecule has 0 aromatic carbocycles. The zero-order chi connectivity index (χ0) is 8.86. The average molecular weight is 172 g/mol. The molecule has 1 fully saturated rings. The first-order valence-electron chi connectivity index (χ1n) is 4.38. The van der Waals surface area contributed by atoms with Gasteiger partial charge in [-0.05, 0) is 10.8 Å². The van der Waals surface area contributed by atoms with Gasteiger partial charge in [0, 0.05) is 10.5 Å². The molecule has 0 aromatic rings. The molecule has 1 aliphatic rings. The zero-order valence-electron chi connectivity index (χ0n) is 8.56. The Hall–Kier alpha value is 0.350. The first-order chi connectivity index (χ1) is 4.73. The molecule has 2 atom stereocenters. The number of thioether (sulfide) groups is 1. The lowest BCUT2D eigenvalue weighted by molar-refractivity contribution is 0.335. The highest BCUT2D eigenvalue weighted by molar-refractivity contribution is 8.07. The lowest BCUT2D eigenvalue weighted by Gasteiger charge is -2.22. The molecule has 0 amide bonds. The van der Waals surface area contributed by atoms with Crippen LogP contribution in [0.3, 0.4) is 0 Å². The summed E-state index contributed by atoms with van der Waals surface area (Å²) in [6.45, 7) is 14.1. The lowest BCUT2D eigenvalue weighted by Crippen LogP contribution is -2.23. The van der Waals surface area contributed by atoms with E-state index in [1.54, 1.807) is 0 Å². The van der Waals surface area contributed by atoms with E-state index in [-0.39, 0.29) is 0 Å². The largest absolute Gasteiger partial charge is 0.152 e. The molecule has 0 radical (unpaired) electrons. The Morgan fingerprint density at radius 1 is 0.727 bits per heavy atom. The summed E-state index contributed by atoms with van der Waals surface area (Å²) in [5, 5.41) is 1.78. The molecule has 1 saturated heterocycles. The van der Waals surface area contributed by atoms with Crippen molar-refractivity contribution in [3.05, 3.63) is 0 Å². The zero-order valence-corrected chi connectivity index (χ0v) is 9.38. The maximum atomic E-state index is 2.34. The van der Waals surface area contributed by atoms with Gasteiger partial charge in [-0.2, -0.15) is 11.8 Å². The third-order valence-electron chi connectivity index (χ3n) is 2.20. The van der Waals surface area contributed by atoms with Crippen molar-refractivity contribution in [2.45, 2.75) is 52.0 Å². The van der Waals surface area contributed by atoms with Gasteiger partial charge >= 0.3 is 0 Å². The van der Waals surface area contributed by atoms with Crippen molar-refractivity contribution < 1.29 is 0 Å². The Bertz CT molecular complexity index is 129. The second-order valence-corrected chi connectivity index (χ2v) is 7.00. The van der Waals surface area contributed by atoms with Crippen LogP contribution < -0.4 is 0 Å². The summed E-state index contributed by atoms with van der Waals surface area (Å²) in [6, 6.07) is 0. The summed E-state index contributed by atoms with van der Waals surface area (Å²) in [5.41, 5.74) is 1.01. The van der Waals surface area contributed by atoms with Crippen LogP contribution in [0, 0.1) is 10.8 Å². The standard InChI is InChI=1S/C10H20S/c1-9(2,3)7-8(11-7)10(4,5)6/h7-8H,1-6H3/t7-,8-/m0/s1. The highest BCUT2D eigenvalue weighted by Crippen LogP contribution is 2.58. The second kappa shape index (κ2) is 2.42. The van der Waals surface area contributed by atoms with E-state index in [0.717, 1.165) is 10.5 Å². The smallest absolute Gasteiger partial charge is 0.0223 e. The van der Waals surface area contributed by atoms with Crippen LogP contribution in [0.4, 0.5) is 0 Å². The SMILES string of the molecule is CC(C)(C)[C@H]1S[C@@H]1C(C)(C)C. The molecule has 0 aromatic heterocycles. The molecule has 0 bridgehead atoms. The van der Waals surface area contributed by atoms with Gasteiger partial charge in [-0.25, -0.2) is 0 Å². The molecule has 11 heavy (non-hydrogen) atoms. The van der Waals surface area contributed by atoms with Gasteiger partial charge in [-0.1, -0.05) is 41.5 Å². The number of hydrogen-bond donors (Lipinski definition) is 0. The molecule has 0 aliphatic carbocycles. The van der Waals surface area contributed by atoms with Crippen LogP contribution in [0.25, 0.3) is 0 Å². The molecule has 0 saturated carbocycles. The molecule has 0 N–H and O–H groups in total. The molecule has 1 heterocycles. The Morgan fingerprint density at radius 3 is 1.09 bits per heavy atom. The van der Waals surface area contributed by atoms with Gasteiger partial charge < -0.3 is 0 Å². The van der Waals surface area contributed by atoms with E-state index in [4.69, 9.17) is 0 Å². The lowest BCUT2D eigenvalue weighted by atomic mass is 9.81. The monoisotopic (exact) mass is 172 g/mol. The topological polar surface area (TPSA) is 0 Å². The molecule has 1 heteroatoms. The Morgan fingerprint density at radius 2 is 1.00 bits per heavy atom. The minimum absolute atomic E-state index is 0.503. The van der Waals surface area contributed by atoms with E-state index >= 15 is 0 Å². The molecule has 1 aliphatic heterocycles. The molecule has 1 rings (SSSR count). The Labute approximate surface area is 75.1 Å². The van der Waals surface area contributed by atoms with E-state index in [1.165, 1.54) is 0 Å². The van der Waals surface area contributed by atoms with Crippen LogP contribution in [-0.2, 0) is 0 Å². The van der Waals surface area contributed by atoms with Gasteiger partial charge in [0.05, 0.1) is 0 Å². The quantitative estimate of drug-likeness (QED) is 0.503. The number of rotatable bonds is 0. The maximum absolute atomic E-state index is 2.34.